The summed E-state index contributed by atoms with van der Waals surface area (Å²) in [5.41, 5.74) is 0.848. The fourth-order valence-corrected chi connectivity index (χ4v) is 1.96. The number of anilines is 1. The monoisotopic (exact) mass is 309 g/mol. The van der Waals surface area contributed by atoms with Crippen molar-refractivity contribution in [3.63, 3.8) is 0 Å². The Morgan fingerprint density at radius 1 is 1.09 bits per heavy atom. The topological polar surface area (TPSA) is 104 Å². The molecule has 0 spiro atoms. The molecule has 0 fully saturated rings. The Morgan fingerprint density at radius 3 is 2.00 bits per heavy atom. The van der Waals surface area contributed by atoms with E-state index in [0.29, 0.717) is 17.9 Å². The van der Waals surface area contributed by atoms with Gasteiger partial charge in [0, 0.05) is 17.9 Å². The smallest absolute Gasteiger partial charge is 0.323 e. The Labute approximate surface area is 128 Å². The maximum absolute atomic E-state index is 12.0. The number of aliphatic carboxylic acids is 2. The van der Waals surface area contributed by atoms with E-state index >= 15 is 0 Å². The highest BCUT2D eigenvalue weighted by Gasteiger charge is 2.17. The first-order chi connectivity index (χ1) is 10.3. The summed E-state index contributed by atoms with van der Waals surface area (Å²) < 4.78 is 5.23. The molecule has 1 unspecified atom stereocenters. The zero-order valence-electron chi connectivity index (χ0n) is 12.5. The van der Waals surface area contributed by atoms with Gasteiger partial charge in [0.1, 0.15) is 19.2 Å². The second kappa shape index (κ2) is 8.14. The van der Waals surface area contributed by atoms with Crippen LogP contribution in [0.3, 0.4) is 0 Å². The van der Waals surface area contributed by atoms with Crippen LogP contribution in [0.2, 0.25) is 0 Å². The van der Waals surface area contributed by atoms with Crippen LogP contribution in [0.15, 0.2) is 24.3 Å². The number of Topliss-reactive ketones (excluding diaryl/α,β-unsaturated/α-hetero) is 1. The van der Waals surface area contributed by atoms with Crippen molar-refractivity contribution in [1.82, 2.24) is 0 Å². The van der Waals surface area contributed by atoms with Gasteiger partial charge in [-0.1, -0.05) is 0 Å². The van der Waals surface area contributed by atoms with Crippen LogP contribution in [0.4, 0.5) is 5.69 Å². The normalized spacial score (nSPS) is 11.7. The molecular weight excluding hydrogens is 290 g/mol. The third-order valence-corrected chi connectivity index (χ3v) is 2.96. The number of carbonyl (C=O) groups is 3. The SMILES string of the molecule is CCOC(C)C(=O)c1ccc(N(CC(=O)O)CC(=O)O)cc1. The standard InChI is InChI=1S/C15H19NO6/c1-3-22-10(2)15(21)11-4-6-12(7-5-11)16(8-13(17)18)9-14(19)20/h4-7,10H,3,8-9H2,1-2H3,(H,17,18)(H,19,20). The second-order valence-corrected chi connectivity index (χ2v) is 4.65. The molecule has 1 aromatic rings. The summed E-state index contributed by atoms with van der Waals surface area (Å²) in [6.07, 6.45) is -0.565. The third kappa shape index (κ3) is 5.17. The summed E-state index contributed by atoms with van der Waals surface area (Å²) in [7, 11) is 0. The van der Waals surface area contributed by atoms with Gasteiger partial charge in [0.25, 0.3) is 0 Å². The Hall–Kier alpha value is -2.41. The average molecular weight is 309 g/mol. The van der Waals surface area contributed by atoms with Crippen LogP contribution in [0.1, 0.15) is 24.2 Å². The van der Waals surface area contributed by atoms with Gasteiger partial charge >= 0.3 is 11.9 Å². The fraction of sp³-hybridized carbons (Fsp3) is 0.400. The lowest BCUT2D eigenvalue weighted by Gasteiger charge is -2.21. The highest BCUT2D eigenvalue weighted by Crippen LogP contribution is 2.16. The molecule has 7 nitrogen and oxygen atoms in total. The molecule has 0 aliphatic heterocycles. The van der Waals surface area contributed by atoms with E-state index in [9.17, 15) is 14.4 Å². The van der Waals surface area contributed by atoms with Crippen molar-refractivity contribution in [2.24, 2.45) is 0 Å². The van der Waals surface area contributed by atoms with E-state index in [0.717, 1.165) is 0 Å². The Balaban J connectivity index is 2.90. The summed E-state index contributed by atoms with van der Waals surface area (Å²) in [6.45, 7) is 3.00. The lowest BCUT2D eigenvalue weighted by molar-refractivity contribution is -0.136. The van der Waals surface area contributed by atoms with Crippen LogP contribution in [0, 0.1) is 0 Å². The number of ketones is 1. The Kier molecular flexibility index (Phi) is 6.52. The van der Waals surface area contributed by atoms with Crippen molar-refractivity contribution >= 4 is 23.4 Å². The van der Waals surface area contributed by atoms with Gasteiger partial charge in [-0.25, -0.2) is 0 Å². The molecule has 0 amide bonds. The summed E-state index contributed by atoms with van der Waals surface area (Å²) in [5, 5.41) is 17.7. The van der Waals surface area contributed by atoms with Crippen molar-refractivity contribution in [3.05, 3.63) is 29.8 Å². The first-order valence-electron chi connectivity index (χ1n) is 6.79. The zero-order chi connectivity index (χ0) is 16.7. The van der Waals surface area contributed by atoms with Gasteiger partial charge in [-0.15, -0.1) is 0 Å². The molecule has 0 saturated heterocycles. The molecule has 2 N–H and O–H groups in total. The first-order valence-corrected chi connectivity index (χ1v) is 6.79. The van der Waals surface area contributed by atoms with Crippen molar-refractivity contribution in [2.45, 2.75) is 20.0 Å². The minimum absolute atomic E-state index is 0.184. The molecule has 1 atom stereocenters. The second-order valence-electron chi connectivity index (χ2n) is 4.65. The number of carbonyl (C=O) groups excluding carboxylic acids is 1. The summed E-state index contributed by atoms with van der Waals surface area (Å²) >= 11 is 0. The van der Waals surface area contributed by atoms with E-state index < -0.39 is 31.1 Å². The molecule has 1 rings (SSSR count). The minimum Gasteiger partial charge on any atom is -0.480 e. The van der Waals surface area contributed by atoms with E-state index in [1.807, 2.05) is 0 Å². The molecule has 0 radical (unpaired) electrons. The van der Waals surface area contributed by atoms with Gasteiger partial charge < -0.3 is 19.8 Å². The van der Waals surface area contributed by atoms with Gasteiger partial charge in [0.15, 0.2) is 5.78 Å². The molecule has 0 saturated carbocycles. The average Bonchev–Trinajstić information content (AvgIpc) is 2.45. The predicted molar refractivity (Wildman–Crippen MR) is 79.3 cm³/mol. The number of benzene rings is 1. The molecule has 0 aliphatic carbocycles. The van der Waals surface area contributed by atoms with Crippen molar-refractivity contribution in [2.75, 3.05) is 24.6 Å². The molecule has 22 heavy (non-hydrogen) atoms. The fourth-order valence-electron chi connectivity index (χ4n) is 1.96. The molecule has 0 bridgehead atoms. The van der Waals surface area contributed by atoms with Crippen molar-refractivity contribution in [1.29, 1.82) is 0 Å². The molecule has 0 aromatic heterocycles. The van der Waals surface area contributed by atoms with E-state index in [4.69, 9.17) is 14.9 Å². The van der Waals surface area contributed by atoms with Crippen LogP contribution in [-0.4, -0.2) is 53.7 Å². The highest BCUT2D eigenvalue weighted by molar-refractivity contribution is 5.99. The van der Waals surface area contributed by atoms with Crippen molar-refractivity contribution < 1.29 is 29.3 Å². The van der Waals surface area contributed by atoms with E-state index in [1.165, 1.54) is 29.2 Å². The summed E-state index contributed by atoms with van der Waals surface area (Å²) in [5.74, 6) is -2.45. The molecule has 0 aliphatic rings. The van der Waals surface area contributed by atoms with Crippen LogP contribution < -0.4 is 4.90 Å². The highest BCUT2D eigenvalue weighted by atomic mass is 16.5. The van der Waals surface area contributed by atoms with Gasteiger partial charge in [0.2, 0.25) is 0 Å². The molecule has 1 aromatic carbocycles. The van der Waals surface area contributed by atoms with Gasteiger partial charge in [-0.2, -0.15) is 0 Å². The number of carboxylic acids is 2. The van der Waals surface area contributed by atoms with E-state index in [2.05, 4.69) is 0 Å². The minimum atomic E-state index is -1.13. The summed E-state index contributed by atoms with van der Waals surface area (Å²) in [6, 6.07) is 6.11. The maximum Gasteiger partial charge on any atom is 0.323 e. The zero-order valence-corrected chi connectivity index (χ0v) is 12.5. The van der Waals surface area contributed by atoms with Crippen LogP contribution >= 0.6 is 0 Å². The summed E-state index contributed by atoms with van der Waals surface area (Å²) in [4.78, 5) is 34.8. The number of rotatable bonds is 9. The first kappa shape index (κ1) is 17.6. The van der Waals surface area contributed by atoms with Crippen LogP contribution in [0.5, 0.6) is 0 Å². The Bertz CT molecular complexity index is 523. The molecule has 120 valence electrons. The van der Waals surface area contributed by atoms with Gasteiger partial charge in [0.05, 0.1) is 0 Å². The molecule has 0 heterocycles. The number of ether oxygens (including phenoxy) is 1. The van der Waals surface area contributed by atoms with Gasteiger partial charge in [-0.3, -0.25) is 14.4 Å². The number of carboxylic acid groups (broad SMARTS) is 2. The molecular formula is C15H19NO6. The van der Waals surface area contributed by atoms with Gasteiger partial charge in [-0.05, 0) is 38.1 Å². The largest absolute Gasteiger partial charge is 0.480 e. The molecule has 7 heteroatoms. The van der Waals surface area contributed by atoms with E-state index in [1.54, 1.807) is 13.8 Å². The number of hydrogen-bond donors (Lipinski definition) is 2. The third-order valence-electron chi connectivity index (χ3n) is 2.96. The van der Waals surface area contributed by atoms with Crippen LogP contribution in [0.25, 0.3) is 0 Å². The van der Waals surface area contributed by atoms with Crippen LogP contribution in [-0.2, 0) is 14.3 Å². The predicted octanol–water partition coefficient (Wildman–Crippen LogP) is 1.27. The Morgan fingerprint density at radius 2 is 1.59 bits per heavy atom. The van der Waals surface area contributed by atoms with Crippen molar-refractivity contribution in [3.8, 4) is 0 Å². The van der Waals surface area contributed by atoms with E-state index in [-0.39, 0.29) is 5.78 Å². The quantitative estimate of drug-likeness (QED) is 0.662. The number of nitrogens with zero attached hydrogens (tertiary/aromatic N) is 1. The lowest BCUT2D eigenvalue weighted by atomic mass is 10.1. The lowest BCUT2D eigenvalue weighted by Crippen LogP contribution is -2.34. The number of hydrogen-bond acceptors (Lipinski definition) is 5. The maximum atomic E-state index is 12.0.